The van der Waals surface area contributed by atoms with Gasteiger partial charge in [0.05, 0.1) is 4.90 Å². The van der Waals surface area contributed by atoms with Crippen molar-refractivity contribution in [2.75, 3.05) is 0 Å². The fourth-order valence-corrected chi connectivity index (χ4v) is 1.55. The zero-order valence-electron chi connectivity index (χ0n) is 6.36. The van der Waals surface area contributed by atoms with Crippen LogP contribution in [0.3, 0.4) is 0 Å². The first kappa shape index (κ1) is 12.8. The predicted molar refractivity (Wildman–Crippen MR) is 53.6 cm³/mol. The summed E-state index contributed by atoms with van der Waals surface area (Å²) in [6.07, 6.45) is 0. The first-order chi connectivity index (χ1) is 5.00. The Hall–Kier alpha value is 0.840. The van der Waals surface area contributed by atoms with Crippen molar-refractivity contribution in [3.63, 3.8) is 0 Å². The van der Waals surface area contributed by atoms with Gasteiger partial charge in [-0.05, 0) is 24.3 Å². The quantitative estimate of drug-likeness (QED) is 0.745. The Labute approximate surface area is 103 Å². The van der Waals surface area contributed by atoms with Crippen molar-refractivity contribution >= 4 is 61.1 Å². The summed E-state index contributed by atoms with van der Waals surface area (Å²) >= 11 is 9.89. The third kappa shape index (κ3) is 3.70. The molecule has 2 nitrogen and oxygen atoms in total. The van der Waals surface area contributed by atoms with Gasteiger partial charge < -0.3 is 4.55 Å². The summed E-state index contributed by atoms with van der Waals surface area (Å²) < 4.78 is 19.7. The fourth-order valence-electron chi connectivity index (χ4n) is 0.607. The normalized spacial score (nSPS) is 14.5. The van der Waals surface area contributed by atoms with Crippen LogP contribution in [0.4, 0.5) is 0 Å². The van der Waals surface area contributed by atoms with Gasteiger partial charge in [-0.15, -0.1) is 0 Å². The zero-order valence-corrected chi connectivity index (χ0v) is 10.7. The van der Waals surface area contributed by atoms with Crippen molar-refractivity contribution < 1.29 is 8.76 Å². The van der Waals surface area contributed by atoms with Gasteiger partial charge in [-0.2, -0.15) is 0 Å². The first-order valence-electron chi connectivity index (χ1n) is 2.73. The van der Waals surface area contributed by atoms with Gasteiger partial charge in [-0.3, -0.25) is 0 Å². The molecule has 1 N–H and O–H groups in total. The maximum Gasteiger partial charge on any atom is 0.171 e. The van der Waals surface area contributed by atoms with Gasteiger partial charge in [0.2, 0.25) is 0 Å². The van der Waals surface area contributed by atoms with Gasteiger partial charge >= 0.3 is 0 Å². The molecule has 0 fully saturated rings. The zero-order chi connectivity index (χ0) is 8.48. The Morgan fingerprint density at radius 3 is 2.08 bits per heavy atom. The molecule has 1 radical (unpaired) electrons. The maximum absolute atomic E-state index is 10.8. The molecule has 0 bridgehead atoms. The minimum atomic E-state index is -3.24. The van der Waals surface area contributed by atoms with Crippen molar-refractivity contribution in [3.05, 3.63) is 29.3 Å². The summed E-state index contributed by atoms with van der Waals surface area (Å²) in [5.41, 5.74) is 0. The van der Waals surface area contributed by atoms with Crippen molar-refractivity contribution in [3.8, 4) is 0 Å². The molecule has 6 heteroatoms. The molecule has 0 aromatic heterocycles. The third-order valence-electron chi connectivity index (χ3n) is 1.11. The summed E-state index contributed by atoms with van der Waals surface area (Å²) in [6.45, 7) is 0. The molecule has 1 atom stereocenters. The Balaban J connectivity index is 0.00000121. The largest absolute Gasteiger partial charge is 0.302 e. The second-order valence-corrected chi connectivity index (χ2v) is 5.14. The topological polar surface area (TPSA) is 37.3 Å². The molecule has 1 rings (SSSR count). The summed E-state index contributed by atoms with van der Waals surface area (Å²) in [7, 11) is -3.24. The van der Waals surface area contributed by atoms with E-state index in [0.29, 0.717) is 5.02 Å². The summed E-state index contributed by atoms with van der Waals surface area (Å²) in [5.74, 6) is 0. The van der Waals surface area contributed by atoms with E-state index in [4.69, 9.17) is 16.2 Å². The van der Waals surface area contributed by atoms with E-state index in [1.807, 2.05) is 0 Å². The molecule has 0 saturated heterocycles. The maximum atomic E-state index is 10.8. The standard InChI is InChI=1S/C6H5ClO2S2.Na/c7-5-1-3-6(4-2-5)11(8,9)10;/h1-4H,(H,8,9,10);. The predicted octanol–water partition coefficient (Wildman–Crippen LogP) is 1.54. The summed E-state index contributed by atoms with van der Waals surface area (Å²) in [6, 6.07) is 5.94. The average molecular weight is 232 g/mol. The monoisotopic (exact) mass is 231 g/mol. The number of rotatable bonds is 1. The SMILES string of the molecule is O=S(O)(=S)c1ccc(Cl)cc1.[Na]. The Morgan fingerprint density at radius 1 is 1.33 bits per heavy atom. The van der Waals surface area contributed by atoms with Crippen LogP contribution in [0.25, 0.3) is 0 Å². The van der Waals surface area contributed by atoms with E-state index in [-0.39, 0.29) is 34.5 Å². The van der Waals surface area contributed by atoms with Crippen molar-refractivity contribution in [2.45, 2.75) is 4.90 Å². The molecule has 0 amide bonds. The van der Waals surface area contributed by atoms with Gasteiger partial charge in [0, 0.05) is 45.8 Å². The van der Waals surface area contributed by atoms with Crippen LogP contribution >= 0.6 is 11.6 Å². The molecule has 61 valence electrons. The smallest absolute Gasteiger partial charge is 0.171 e. The molecule has 1 aromatic rings. The van der Waals surface area contributed by atoms with E-state index >= 15 is 0 Å². The van der Waals surface area contributed by atoms with Crippen LogP contribution in [0.15, 0.2) is 29.2 Å². The molecule has 0 aliphatic rings. The van der Waals surface area contributed by atoms with E-state index in [0.717, 1.165) is 0 Å². The van der Waals surface area contributed by atoms with Crippen molar-refractivity contribution in [1.82, 2.24) is 0 Å². The molecule has 1 unspecified atom stereocenters. The van der Waals surface area contributed by atoms with E-state index < -0.39 is 8.77 Å². The van der Waals surface area contributed by atoms with Gasteiger partial charge in [0.1, 0.15) is 0 Å². The van der Waals surface area contributed by atoms with E-state index in [9.17, 15) is 4.21 Å². The van der Waals surface area contributed by atoms with Crippen LogP contribution < -0.4 is 0 Å². The molecule has 0 aliphatic heterocycles. The van der Waals surface area contributed by atoms with Crippen LogP contribution in [-0.4, -0.2) is 38.3 Å². The Bertz CT molecular complexity index is 346. The van der Waals surface area contributed by atoms with E-state index in [1.54, 1.807) is 0 Å². The van der Waals surface area contributed by atoms with Crippen LogP contribution in [0.5, 0.6) is 0 Å². The molecule has 0 spiro atoms. The third-order valence-corrected chi connectivity index (χ3v) is 2.81. The molecule has 0 aliphatic carbocycles. The summed E-state index contributed by atoms with van der Waals surface area (Å²) in [5, 5.41) is 0.521. The number of hydrogen-bond donors (Lipinski definition) is 1. The summed E-state index contributed by atoms with van der Waals surface area (Å²) in [4.78, 5) is 0.219. The van der Waals surface area contributed by atoms with E-state index in [1.165, 1.54) is 24.3 Å². The molecule has 0 saturated carbocycles. The van der Waals surface area contributed by atoms with Crippen molar-refractivity contribution in [1.29, 1.82) is 0 Å². The molecule has 12 heavy (non-hydrogen) atoms. The van der Waals surface area contributed by atoms with Crippen LogP contribution in [0.1, 0.15) is 0 Å². The second-order valence-electron chi connectivity index (χ2n) is 1.93. The molecular formula is C6H5ClNaO2S2. The second kappa shape index (κ2) is 4.91. The van der Waals surface area contributed by atoms with Gasteiger partial charge in [0.15, 0.2) is 8.77 Å². The molecule has 0 heterocycles. The van der Waals surface area contributed by atoms with Gasteiger partial charge in [-0.1, -0.05) is 11.6 Å². The molecule has 1 aromatic carbocycles. The minimum Gasteiger partial charge on any atom is -0.302 e. The van der Waals surface area contributed by atoms with Gasteiger partial charge in [-0.25, -0.2) is 4.21 Å². The van der Waals surface area contributed by atoms with Crippen LogP contribution in [0.2, 0.25) is 5.02 Å². The Morgan fingerprint density at radius 2 is 1.75 bits per heavy atom. The number of benzene rings is 1. The Kier molecular flexibility index (Phi) is 5.25. The first-order valence-corrected chi connectivity index (χ1v) is 5.55. The number of hydrogen-bond acceptors (Lipinski definition) is 2. The fraction of sp³-hybridized carbons (Fsp3) is 0. The van der Waals surface area contributed by atoms with E-state index in [2.05, 4.69) is 11.2 Å². The average Bonchev–Trinajstić information content (AvgIpc) is 1.86. The molecular weight excluding hydrogens is 227 g/mol. The van der Waals surface area contributed by atoms with Crippen LogP contribution in [0, 0.1) is 0 Å². The minimum absolute atomic E-state index is 0. The van der Waals surface area contributed by atoms with Crippen LogP contribution in [-0.2, 0) is 20.0 Å². The van der Waals surface area contributed by atoms with Gasteiger partial charge in [0.25, 0.3) is 0 Å². The van der Waals surface area contributed by atoms with Crippen molar-refractivity contribution in [2.24, 2.45) is 0 Å². The number of halogens is 1.